The van der Waals surface area contributed by atoms with E-state index in [0.717, 1.165) is 0 Å². The van der Waals surface area contributed by atoms with Gasteiger partial charge in [-0.25, -0.2) is 5.06 Å². The van der Waals surface area contributed by atoms with Crippen molar-refractivity contribution in [1.29, 1.82) is 0 Å². The molecule has 1 aliphatic rings. The second kappa shape index (κ2) is 2.44. The van der Waals surface area contributed by atoms with Crippen LogP contribution in [0.4, 0.5) is 0 Å². The van der Waals surface area contributed by atoms with E-state index in [-0.39, 0.29) is 5.54 Å². The molecular formula is C7H12N2O. The Bertz CT molecular complexity index is 156. The number of nitrogens with zero attached hydrogens (tertiary/aromatic N) is 1. The van der Waals surface area contributed by atoms with Crippen LogP contribution in [-0.2, 0) is 4.84 Å². The van der Waals surface area contributed by atoms with Gasteiger partial charge in [0.25, 0.3) is 0 Å². The molecule has 0 atom stereocenters. The van der Waals surface area contributed by atoms with Crippen LogP contribution in [0, 0.1) is 0 Å². The monoisotopic (exact) mass is 140 g/mol. The number of nitrogens with two attached hydrogens (primary N) is 1. The molecule has 10 heavy (non-hydrogen) atoms. The lowest BCUT2D eigenvalue weighted by molar-refractivity contribution is -0.0461. The standard InChI is InChI=1S/C7H12N2O/c1-7(8)3-5-9(10-2)6-4-7/h3-6H,8H2,1-2H3. The van der Waals surface area contributed by atoms with Crippen molar-refractivity contribution in [2.24, 2.45) is 5.73 Å². The fourth-order valence-electron chi connectivity index (χ4n) is 0.695. The van der Waals surface area contributed by atoms with Gasteiger partial charge in [0.15, 0.2) is 0 Å². The van der Waals surface area contributed by atoms with Crippen LogP contribution >= 0.6 is 0 Å². The minimum Gasteiger partial charge on any atom is -0.319 e. The molecule has 1 rings (SSSR count). The number of hydrogen-bond donors (Lipinski definition) is 1. The van der Waals surface area contributed by atoms with E-state index in [1.807, 2.05) is 19.1 Å². The highest BCUT2D eigenvalue weighted by Crippen LogP contribution is 2.10. The Morgan fingerprint density at radius 3 is 2.30 bits per heavy atom. The molecule has 0 aromatic rings. The molecule has 0 aromatic carbocycles. The van der Waals surface area contributed by atoms with Gasteiger partial charge in [-0.3, -0.25) is 4.84 Å². The molecule has 56 valence electrons. The highest BCUT2D eigenvalue weighted by Gasteiger charge is 2.13. The number of hydrogen-bond acceptors (Lipinski definition) is 3. The molecule has 3 heteroatoms. The third-order valence-electron chi connectivity index (χ3n) is 1.37. The number of hydroxylamine groups is 2. The van der Waals surface area contributed by atoms with E-state index in [1.54, 1.807) is 24.6 Å². The fraction of sp³-hybridized carbons (Fsp3) is 0.429. The molecule has 0 radical (unpaired) electrons. The Morgan fingerprint density at radius 1 is 1.40 bits per heavy atom. The largest absolute Gasteiger partial charge is 0.319 e. The van der Waals surface area contributed by atoms with Gasteiger partial charge in [0.2, 0.25) is 0 Å². The van der Waals surface area contributed by atoms with Crippen LogP contribution in [0.1, 0.15) is 6.92 Å². The summed E-state index contributed by atoms with van der Waals surface area (Å²) >= 11 is 0. The van der Waals surface area contributed by atoms with E-state index in [4.69, 9.17) is 10.6 Å². The van der Waals surface area contributed by atoms with Crippen molar-refractivity contribution in [3.8, 4) is 0 Å². The van der Waals surface area contributed by atoms with Gasteiger partial charge in [0, 0.05) is 12.4 Å². The summed E-state index contributed by atoms with van der Waals surface area (Å²) < 4.78 is 0. The minimum absolute atomic E-state index is 0.324. The van der Waals surface area contributed by atoms with Crippen molar-refractivity contribution >= 4 is 0 Å². The van der Waals surface area contributed by atoms with Gasteiger partial charge in [-0.05, 0) is 19.1 Å². The zero-order valence-electron chi connectivity index (χ0n) is 6.24. The smallest absolute Gasteiger partial charge is 0.0643 e. The maximum atomic E-state index is 5.74. The summed E-state index contributed by atoms with van der Waals surface area (Å²) in [5.41, 5.74) is 5.41. The first-order chi connectivity index (χ1) is 4.64. The molecule has 1 heterocycles. The van der Waals surface area contributed by atoms with Gasteiger partial charge in [0.1, 0.15) is 0 Å². The van der Waals surface area contributed by atoms with Crippen molar-refractivity contribution < 1.29 is 4.84 Å². The highest BCUT2D eigenvalue weighted by atomic mass is 16.7. The maximum Gasteiger partial charge on any atom is 0.0643 e. The first-order valence-electron chi connectivity index (χ1n) is 3.14. The topological polar surface area (TPSA) is 38.5 Å². The Labute approximate surface area is 60.7 Å². The summed E-state index contributed by atoms with van der Waals surface area (Å²) in [6.45, 7) is 1.92. The van der Waals surface area contributed by atoms with E-state index in [2.05, 4.69) is 0 Å². The minimum atomic E-state index is -0.324. The van der Waals surface area contributed by atoms with Crippen LogP contribution in [0.2, 0.25) is 0 Å². The lowest BCUT2D eigenvalue weighted by atomic mass is 10.0. The molecule has 0 bridgehead atoms. The molecule has 0 aliphatic carbocycles. The molecule has 0 saturated carbocycles. The third-order valence-corrected chi connectivity index (χ3v) is 1.37. The molecular weight excluding hydrogens is 128 g/mol. The van der Waals surface area contributed by atoms with Crippen LogP contribution in [-0.4, -0.2) is 17.7 Å². The van der Waals surface area contributed by atoms with Crippen molar-refractivity contribution in [3.63, 3.8) is 0 Å². The van der Waals surface area contributed by atoms with Crippen LogP contribution < -0.4 is 5.73 Å². The predicted octanol–water partition coefficient (Wildman–Crippen LogP) is 0.608. The second-order valence-electron chi connectivity index (χ2n) is 2.54. The highest BCUT2D eigenvalue weighted by molar-refractivity contribution is 5.18. The summed E-state index contributed by atoms with van der Waals surface area (Å²) in [7, 11) is 1.61. The molecule has 0 fully saturated rings. The van der Waals surface area contributed by atoms with Gasteiger partial charge in [-0.2, -0.15) is 0 Å². The van der Waals surface area contributed by atoms with Gasteiger partial charge < -0.3 is 5.73 Å². The molecule has 0 saturated heterocycles. The van der Waals surface area contributed by atoms with Gasteiger partial charge in [-0.15, -0.1) is 0 Å². The van der Waals surface area contributed by atoms with Crippen LogP contribution in [0.5, 0.6) is 0 Å². The molecule has 2 N–H and O–H groups in total. The van der Waals surface area contributed by atoms with Crippen molar-refractivity contribution in [3.05, 3.63) is 24.6 Å². The predicted molar refractivity (Wildman–Crippen MR) is 39.7 cm³/mol. The van der Waals surface area contributed by atoms with Gasteiger partial charge >= 0.3 is 0 Å². The molecule has 0 amide bonds. The maximum absolute atomic E-state index is 5.74. The first kappa shape index (κ1) is 7.31. The first-order valence-corrected chi connectivity index (χ1v) is 3.14. The third kappa shape index (κ3) is 1.59. The van der Waals surface area contributed by atoms with Crippen LogP contribution in [0.3, 0.4) is 0 Å². The lowest BCUT2D eigenvalue weighted by Crippen LogP contribution is -2.34. The zero-order valence-corrected chi connectivity index (χ0v) is 6.24. The summed E-state index contributed by atoms with van der Waals surface area (Å²) in [6, 6.07) is 0. The molecule has 1 aliphatic heterocycles. The normalized spacial score (nSPS) is 21.7. The Kier molecular flexibility index (Phi) is 1.78. The molecule has 0 spiro atoms. The molecule has 3 nitrogen and oxygen atoms in total. The van der Waals surface area contributed by atoms with E-state index in [1.165, 1.54) is 0 Å². The Balaban J connectivity index is 2.62. The van der Waals surface area contributed by atoms with E-state index < -0.39 is 0 Å². The number of rotatable bonds is 1. The van der Waals surface area contributed by atoms with Crippen molar-refractivity contribution in [1.82, 2.24) is 5.06 Å². The van der Waals surface area contributed by atoms with Gasteiger partial charge in [0.05, 0.1) is 12.6 Å². The summed E-state index contributed by atoms with van der Waals surface area (Å²) in [6.07, 6.45) is 7.33. The van der Waals surface area contributed by atoms with Crippen molar-refractivity contribution in [2.45, 2.75) is 12.5 Å². The van der Waals surface area contributed by atoms with Gasteiger partial charge in [-0.1, -0.05) is 0 Å². The fourth-order valence-corrected chi connectivity index (χ4v) is 0.695. The average molecular weight is 140 g/mol. The summed E-state index contributed by atoms with van der Waals surface area (Å²) in [5, 5.41) is 1.59. The Hall–Kier alpha value is -0.800. The van der Waals surface area contributed by atoms with Crippen LogP contribution in [0.25, 0.3) is 0 Å². The second-order valence-corrected chi connectivity index (χ2v) is 2.54. The van der Waals surface area contributed by atoms with E-state index >= 15 is 0 Å². The average Bonchev–Trinajstić information content (AvgIpc) is 1.88. The van der Waals surface area contributed by atoms with Crippen molar-refractivity contribution in [2.75, 3.05) is 7.11 Å². The van der Waals surface area contributed by atoms with E-state index in [0.29, 0.717) is 0 Å². The zero-order chi connectivity index (χ0) is 7.61. The molecule has 0 unspecified atom stereocenters. The molecule has 0 aromatic heterocycles. The SMILES string of the molecule is CON1C=CC(C)(N)C=C1. The summed E-state index contributed by atoms with van der Waals surface area (Å²) in [5.74, 6) is 0. The Morgan fingerprint density at radius 2 is 1.90 bits per heavy atom. The van der Waals surface area contributed by atoms with E-state index in [9.17, 15) is 0 Å². The van der Waals surface area contributed by atoms with Crippen LogP contribution in [0.15, 0.2) is 24.6 Å². The quantitative estimate of drug-likeness (QED) is 0.580. The summed E-state index contributed by atoms with van der Waals surface area (Å²) in [4.78, 5) is 4.89. The lowest BCUT2D eigenvalue weighted by Gasteiger charge is -2.23.